The van der Waals surface area contributed by atoms with Gasteiger partial charge in [0.25, 0.3) is 0 Å². The van der Waals surface area contributed by atoms with Crippen molar-refractivity contribution in [2.45, 2.75) is 70.1 Å². The second-order valence-corrected chi connectivity index (χ2v) is 7.81. The molecule has 0 amide bonds. The van der Waals surface area contributed by atoms with E-state index in [0.29, 0.717) is 0 Å². The molecule has 1 aliphatic carbocycles. The van der Waals surface area contributed by atoms with Gasteiger partial charge in [-0.15, -0.1) is 11.3 Å². The van der Waals surface area contributed by atoms with Crippen molar-refractivity contribution < 1.29 is 0 Å². The molecular formula is C16H25N3S. The zero-order chi connectivity index (χ0) is 13.7. The Morgan fingerprint density at radius 2 is 2.10 bits per heavy atom. The average Bonchev–Trinajstić information content (AvgIpc) is 3.23. The smallest absolute Gasteiger partial charge is 0.107 e. The van der Waals surface area contributed by atoms with E-state index in [0.717, 1.165) is 30.6 Å². The highest BCUT2D eigenvalue weighted by atomic mass is 32.1. The Labute approximate surface area is 126 Å². The van der Waals surface area contributed by atoms with Crippen LogP contribution in [0.4, 0.5) is 0 Å². The number of rotatable bonds is 5. The lowest BCUT2D eigenvalue weighted by Crippen LogP contribution is -2.69. The Morgan fingerprint density at radius 1 is 1.35 bits per heavy atom. The Hall–Kier alpha value is -0.450. The van der Waals surface area contributed by atoms with Crippen LogP contribution >= 0.6 is 11.3 Å². The minimum absolute atomic E-state index is 0.754. The number of thiazole rings is 1. The van der Waals surface area contributed by atoms with E-state index in [9.17, 15) is 0 Å². The molecule has 3 saturated heterocycles. The highest BCUT2D eigenvalue weighted by molar-refractivity contribution is 7.09. The van der Waals surface area contributed by atoms with Crippen molar-refractivity contribution in [3.63, 3.8) is 0 Å². The van der Waals surface area contributed by atoms with E-state index < -0.39 is 0 Å². The number of hydrogen-bond acceptors (Lipinski definition) is 4. The van der Waals surface area contributed by atoms with Crippen LogP contribution in [0.3, 0.4) is 0 Å². The number of hydrogen-bond donors (Lipinski definition) is 0. The van der Waals surface area contributed by atoms with Crippen LogP contribution in [-0.2, 0) is 6.54 Å². The molecule has 5 rings (SSSR count). The van der Waals surface area contributed by atoms with Crippen molar-refractivity contribution in [1.29, 1.82) is 0 Å². The van der Waals surface area contributed by atoms with Gasteiger partial charge in [0.05, 0.1) is 12.2 Å². The number of nitrogens with zero attached hydrogens (tertiary/aromatic N) is 3. The third-order valence-corrected chi connectivity index (χ3v) is 6.32. The lowest BCUT2D eigenvalue weighted by molar-refractivity contribution is -0.0857. The average molecular weight is 291 g/mol. The highest BCUT2D eigenvalue weighted by Crippen LogP contribution is 2.41. The molecule has 1 saturated carbocycles. The summed E-state index contributed by atoms with van der Waals surface area (Å²) in [6, 6.07) is 2.33. The van der Waals surface area contributed by atoms with Crippen molar-refractivity contribution in [3.05, 3.63) is 16.1 Å². The second kappa shape index (κ2) is 5.08. The van der Waals surface area contributed by atoms with Crippen LogP contribution in [0.2, 0.25) is 0 Å². The van der Waals surface area contributed by atoms with Crippen LogP contribution in [0.1, 0.15) is 56.2 Å². The van der Waals surface area contributed by atoms with Gasteiger partial charge in [-0.25, -0.2) is 4.98 Å². The van der Waals surface area contributed by atoms with Crippen LogP contribution in [-0.4, -0.2) is 46.0 Å². The van der Waals surface area contributed by atoms with Crippen molar-refractivity contribution in [2.24, 2.45) is 0 Å². The Morgan fingerprint density at radius 3 is 2.75 bits per heavy atom. The molecule has 4 heteroatoms. The van der Waals surface area contributed by atoms with Crippen molar-refractivity contribution in [3.8, 4) is 0 Å². The normalized spacial score (nSPS) is 32.1. The largest absolute Gasteiger partial charge is 0.298 e. The molecule has 20 heavy (non-hydrogen) atoms. The fourth-order valence-electron chi connectivity index (χ4n) is 3.72. The molecule has 110 valence electrons. The molecule has 3 nitrogen and oxygen atoms in total. The molecule has 0 spiro atoms. The Kier molecular flexibility index (Phi) is 3.36. The monoisotopic (exact) mass is 291 g/mol. The first-order valence-electron chi connectivity index (χ1n) is 8.18. The summed E-state index contributed by atoms with van der Waals surface area (Å²) in [6.45, 7) is 8.31. The predicted octanol–water partition coefficient (Wildman–Crippen LogP) is 3.08. The molecule has 3 atom stereocenters. The lowest BCUT2D eigenvalue weighted by atomic mass is 9.86. The summed E-state index contributed by atoms with van der Waals surface area (Å²) in [4.78, 5) is 10.2. The van der Waals surface area contributed by atoms with Gasteiger partial charge in [-0.1, -0.05) is 6.92 Å². The summed E-state index contributed by atoms with van der Waals surface area (Å²) < 4.78 is 0. The van der Waals surface area contributed by atoms with Gasteiger partial charge in [-0.05, 0) is 32.6 Å². The maximum absolute atomic E-state index is 4.85. The fourth-order valence-corrected chi connectivity index (χ4v) is 4.60. The number of piperazine rings is 1. The number of fused-ring (bicyclic) bond motifs is 2. The van der Waals surface area contributed by atoms with E-state index in [4.69, 9.17) is 4.98 Å². The van der Waals surface area contributed by atoms with Gasteiger partial charge in [0.1, 0.15) is 5.01 Å². The van der Waals surface area contributed by atoms with E-state index in [-0.39, 0.29) is 0 Å². The first-order valence-corrected chi connectivity index (χ1v) is 9.06. The molecule has 0 N–H and O–H groups in total. The summed E-state index contributed by atoms with van der Waals surface area (Å²) in [6.07, 6.45) is 5.41. The molecule has 1 aromatic heterocycles. The second-order valence-electron chi connectivity index (χ2n) is 6.87. The highest BCUT2D eigenvalue weighted by Gasteiger charge is 2.45. The third kappa shape index (κ3) is 2.32. The van der Waals surface area contributed by atoms with Crippen molar-refractivity contribution in [1.82, 2.24) is 14.8 Å². The molecule has 3 unspecified atom stereocenters. The van der Waals surface area contributed by atoms with Crippen LogP contribution in [0.25, 0.3) is 0 Å². The lowest BCUT2D eigenvalue weighted by Gasteiger charge is -2.57. The molecule has 4 fully saturated rings. The van der Waals surface area contributed by atoms with Gasteiger partial charge in [0.15, 0.2) is 0 Å². The zero-order valence-corrected chi connectivity index (χ0v) is 13.4. The SMILES string of the molecule is CCC(C)N1CC2CC(C1)N2Cc1nc(C2CC2)cs1. The minimum atomic E-state index is 0.754. The molecule has 4 heterocycles. The summed E-state index contributed by atoms with van der Waals surface area (Å²) in [7, 11) is 0. The fraction of sp³-hybridized carbons (Fsp3) is 0.812. The molecule has 1 aromatic rings. The third-order valence-electron chi connectivity index (χ3n) is 5.47. The van der Waals surface area contributed by atoms with E-state index in [1.807, 2.05) is 11.3 Å². The molecule has 0 radical (unpaired) electrons. The van der Waals surface area contributed by atoms with E-state index in [1.165, 1.54) is 49.5 Å². The standard InChI is InChI=1S/C16H25N3S/c1-3-11(2)18-7-13-6-14(8-18)19(13)9-16-17-15(10-20-16)12-4-5-12/h10-14H,3-9H2,1-2H3. The molecular weight excluding hydrogens is 266 g/mol. The first kappa shape index (κ1) is 13.2. The summed E-state index contributed by atoms with van der Waals surface area (Å²) in [5.41, 5.74) is 1.37. The predicted molar refractivity (Wildman–Crippen MR) is 83.2 cm³/mol. The quantitative estimate of drug-likeness (QED) is 0.831. The summed E-state index contributed by atoms with van der Waals surface area (Å²) in [5, 5.41) is 3.65. The molecule has 4 aliphatic rings. The van der Waals surface area contributed by atoms with E-state index >= 15 is 0 Å². The Bertz CT molecular complexity index is 470. The topological polar surface area (TPSA) is 19.4 Å². The molecule has 0 aromatic carbocycles. The first-order chi connectivity index (χ1) is 9.74. The molecule has 2 bridgehead atoms. The summed E-state index contributed by atoms with van der Waals surface area (Å²) >= 11 is 1.88. The van der Waals surface area contributed by atoms with Gasteiger partial charge >= 0.3 is 0 Å². The zero-order valence-electron chi connectivity index (χ0n) is 12.6. The van der Waals surface area contributed by atoms with Crippen molar-refractivity contribution >= 4 is 11.3 Å². The number of aromatic nitrogens is 1. The van der Waals surface area contributed by atoms with Crippen LogP contribution < -0.4 is 0 Å². The van der Waals surface area contributed by atoms with Gasteiger partial charge in [0, 0.05) is 42.5 Å². The maximum Gasteiger partial charge on any atom is 0.107 e. The van der Waals surface area contributed by atoms with Gasteiger partial charge in [-0.3, -0.25) is 9.80 Å². The van der Waals surface area contributed by atoms with Crippen molar-refractivity contribution in [2.75, 3.05) is 13.1 Å². The van der Waals surface area contributed by atoms with Crippen LogP contribution in [0.15, 0.2) is 5.38 Å². The van der Waals surface area contributed by atoms with Gasteiger partial charge < -0.3 is 0 Å². The van der Waals surface area contributed by atoms with E-state index in [2.05, 4.69) is 29.0 Å². The maximum atomic E-state index is 4.85. The Balaban J connectivity index is 1.36. The van der Waals surface area contributed by atoms with Crippen LogP contribution in [0.5, 0.6) is 0 Å². The van der Waals surface area contributed by atoms with E-state index in [1.54, 1.807) is 0 Å². The van der Waals surface area contributed by atoms with Gasteiger partial charge in [0.2, 0.25) is 0 Å². The van der Waals surface area contributed by atoms with Crippen LogP contribution in [0, 0.1) is 0 Å². The summed E-state index contributed by atoms with van der Waals surface area (Å²) in [5.74, 6) is 0.803. The number of piperidine rings is 1. The molecule has 3 aliphatic heterocycles. The minimum Gasteiger partial charge on any atom is -0.298 e. The van der Waals surface area contributed by atoms with Gasteiger partial charge in [-0.2, -0.15) is 0 Å².